The molecular weight excluding hydrogens is 539 g/mol. The standard InChI is InChI=1S/C41H50NS/c1-24-17-27(22-40(6,7)8)18-28-20-33-36-30(34(24)28)15-16-42(12)37(36)35-25(2)31-19-26(21-39(3,4)5)13-14-29(31)32(38(35)43-33)23-41(9,10)11/h13-20H,21-23H2,1-12H3/q+1. The fourth-order valence-electron chi connectivity index (χ4n) is 7.47. The molecule has 0 unspecified atom stereocenters. The van der Waals surface area contributed by atoms with Gasteiger partial charge in [0, 0.05) is 21.2 Å². The highest BCUT2D eigenvalue weighted by Crippen LogP contribution is 2.54. The first kappa shape index (κ1) is 30.2. The number of aromatic nitrogens is 1. The van der Waals surface area contributed by atoms with E-state index in [0.29, 0.717) is 0 Å². The highest BCUT2D eigenvalue weighted by molar-refractivity contribution is 8.00. The van der Waals surface area contributed by atoms with Crippen LogP contribution in [0.1, 0.15) is 90.1 Å². The lowest BCUT2D eigenvalue weighted by atomic mass is 9.81. The molecule has 1 aliphatic rings. The number of rotatable bonds is 3. The Hall–Kier alpha value is -2.84. The van der Waals surface area contributed by atoms with Crippen LogP contribution >= 0.6 is 11.8 Å². The third-order valence-electron chi connectivity index (χ3n) is 8.87. The Balaban J connectivity index is 1.71. The van der Waals surface area contributed by atoms with Crippen molar-refractivity contribution in [3.63, 3.8) is 0 Å². The largest absolute Gasteiger partial charge is 0.222 e. The molecule has 6 rings (SSSR count). The number of hydrogen-bond acceptors (Lipinski definition) is 1. The summed E-state index contributed by atoms with van der Waals surface area (Å²) in [6, 6.07) is 17.1. The van der Waals surface area contributed by atoms with Crippen molar-refractivity contribution in [1.29, 1.82) is 0 Å². The van der Waals surface area contributed by atoms with E-state index in [1.54, 1.807) is 0 Å². The molecule has 5 aromatic rings. The lowest BCUT2D eigenvalue weighted by Gasteiger charge is -2.29. The summed E-state index contributed by atoms with van der Waals surface area (Å²) in [5.41, 5.74) is 10.7. The summed E-state index contributed by atoms with van der Waals surface area (Å²) in [7, 11) is 2.24. The molecule has 0 radical (unpaired) electrons. The SMILES string of the molecule is Cc1c2c(c(CC(C)(C)C)c3ccc(CC(C)(C)C)cc13)Sc1cc3cc(CC(C)(C)C)cc(C)c3c3cc[n+](C)c-2c13. The maximum atomic E-state index is 2.50. The summed E-state index contributed by atoms with van der Waals surface area (Å²) in [5.74, 6) is 0. The molecule has 0 saturated carbocycles. The first-order chi connectivity index (χ1) is 19.9. The third-order valence-corrected chi connectivity index (χ3v) is 10.1. The summed E-state index contributed by atoms with van der Waals surface area (Å²) >= 11 is 2.02. The minimum absolute atomic E-state index is 0.178. The van der Waals surface area contributed by atoms with Gasteiger partial charge in [0.2, 0.25) is 5.69 Å². The highest BCUT2D eigenvalue weighted by atomic mass is 32.2. The Morgan fingerprint density at radius 1 is 0.651 bits per heavy atom. The Labute approximate surface area is 264 Å². The first-order valence-electron chi connectivity index (χ1n) is 16.1. The van der Waals surface area contributed by atoms with Crippen LogP contribution in [0.3, 0.4) is 0 Å². The Morgan fingerprint density at radius 2 is 1.30 bits per heavy atom. The van der Waals surface area contributed by atoms with Crippen molar-refractivity contribution >= 4 is 44.1 Å². The summed E-state index contributed by atoms with van der Waals surface area (Å²) in [6.45, 7) is 25.9. The molecule has 2 heterocycles. The topological polar surface area (TPSA) is 3.88 Å². The van der Waals surface area contributed by atoms with Gasteiger partial charge in [0.1, 0.15) is 7.05 Å². The Bertz CT molecular complexity index is 1940. The maximum Gasteiger partial charge on any atom is 0.222 e. The molecule has 0 amide bonds. The number of hydrogen-bond donors (Lipinski definition) is 0. The molecule has 224 valence electrons. The van der Waals surface area contributed by atoms with Gasteiger partial charge in [-0.2, -0.15) is 0 Å². The van der Waals surface area contributed by atoms with Gasteiger partial charge in [0.25, 0.3) is 0 Å². The fraction of sp³-hybridized carbons (Fsp3) is 0.439. The molecule has 0 fully saturated rings. The van der Waals surface area contributed by atoms with Crippen LogP contribution in [-0.4, -0.2) is 0 Å². The zero-order chi connectivity index (χ0) is 31.2. The second-order valence-corrected chi connectivity index (χ2v) is 18.0. The van der Waals surface area contributed by atoms with Crippen LogP contribution in [-0.2, 0) is 26.3 Å². The fourth-order valence-corrected chi connectivity index (χ4v) is 8.84. The van der Waals surface area contributed by atoms with Gasteiger partial charge in [0.05, 0.1) is 10.9 Å². The van der Waals surface area contributed by atoms with Gasteiger partial charge in [-0.15, -0.1) is 0 Å². The number of fused-ring (bicyclic) bond motifs is 5. The number of nitrogens with zero attached hydrogens (tertiary/aromatic N) is 1. The van der Waals surface area contributed by atoms with Crippen LogP contribution in [0.2, 0.25) is 0 Å². The minimum atomic E-state index is 0.178. The average molecular weight is 589 g/mol. The number of pyridine rings is 1. The van der Waals surface area contributed by atoms with Crippen molar-refractivity contribution in [3.8, 4) is 11.3 Å². The van der Waals surface area contributed by atoms with Crippen LogP contribution in [0, 0.1) is 30.1 Å². The van der Waals surface area contributed by atoms with E-state index in [4.69, 9.17) is 0 Å². The first-order valence-corrected chi connectivity index (χ1v) is 16.9. The van der Waals surface area contributed by atoms with Crippen LogP contribution in [0.5, 0.6) is 0 Å². The molecular formula is C41H50NS+. The van der Waals surface area contributed by atoms with E-state index < -0.39 is 0 Å². The van der Waals surface area contributed by atoms with Gasteiger partial charge in [-0.25, -0.2) is 4.57 Å². The minimum Gasteiger partial charge on any atom is -0.200 e. The normalized spacial score (nSPS) is 13.8. The van der Waals surface area contributed by atoms with Crippen molar-refractivity contribution in [1.82, 2.24) is 0 Å². The summed E-state index contributed by atoms with van der Waals surface area (Å²) in [5, 5.41) is 8.43. The van der Waals surface area contributed by atoms with Crippen molar-refractivity contribution in [2.45, 2.75) is 105 Å². The van der Waals surface area contributed by atoms with Crippen LogP contribution in [0.15, 0.2) is 58.5 Å². The van der Waals surface area contributed by atoms with Gasteiger partial charge in [0.15, 0.2) is 6.20 Å². The van der Waals surface area contributed by atoms with E-state index in [0.717, 1.165) is 19.3 Å². The zero-order valence-corrected chi connectivity index (χ0v) is 29.4. The molecule has 1 nitrogen and oxygen atoms in total. The van der Waals surface area contributed by atoms with Gasteiger partial charge < -0.3 is 0 Å². The van der Waals surface area contributed by atoms with E-state index >= 15 is 0 Å². The van der Waals surface area contributed by atoms with Crippen LogP contribution < -0.4 is 4.57 Å². The maximum absolute atomic E-state index is 2.50. The summed E-state index contributed by atoms with van der Waals surface area (Å²) in [6.07, 6.45) is 5.51. The average Bonchev–Trinajstić information content (AvgIpc) is 2.85. The number of benzene rings is 4. The molecule has 4 aromatic carbocycles. The van der Waals surface area contributed by atoms with E-state index in [1.165, 1.54) is 81.2 Å². The van der Waals surface area contributed by atoms with Gasteiger partial charge in [-0.1, -0.05) is 104 Å². The van der Waals surface area contributed by atoms with Crippen LogP contribution in [0.25, 0.3) is 43.6 Å². The summed E-state index contributed by atoms with van der Waals surface area (Å²) in [4.78, 5) is 2.85. The van der Waals surface area contributed by atoms with Crippen molar-refractivity contribution < 1.29 is 4.57 Å². The molecule has 0 bridgehead atoms. The van der Waals surface area contributed by atoms with E-state index in [2.05, 4.69) is 136 Å². The smallest absolute Gasteiger partial charge is 0.200 e. The molecule has 0 spiro atoms. The van der Waals surface area contributed by atoms with Crippen molar-refractivity contribution in [2.24, 2.45) is 23.3 Å². The molecule has 0 N–H and O–H groups in total. The second-order valence-electron chi connectivity index (χ2n) is 17.0. The monoisotopic (exact) mass is 588 g/mol. The zero-order valence-electron chi connectivity index (χ0n) is 28.6. The van der Waals surface area contributed by atoms with E-state index in [9.17, 15) is 0 Å². The Kier molecular flexibility index (Phi) is 7.09. The molecule has 2 heteroatoms. The van der Waals surface area contributed by atoms with Crippen LogP contribution in [0.4, 0.5) is 0 Å². The molecule has 0 saturated heterocycles. The molecule has 0 aliphatic carbocycles. The molecule has 0 atom stereocenters. The molecule has 1 aliphatic heterocycles. The van der Waals surface area contributed by atoms with E-state index in [1.807, 2.05) is 11.8 Å². The van der Waals surface area contributed by atoms with Gasteiger partial charge >= 0.3 is 0 Å². The Morgan fingerprint density at radius 3 is 1.95 bits per heavy atom. The second kappa shape index (κ2) is 10.1. The molecule has 43 heavy (non-hydrogen) atoms. The predicted molar refractivity (Wildman–Crippen MR) is 189 cm³/mol. The van der Waals surface area contributed by atoms with Crippen molar-refractivity contribution in [2.75, 3.05) is 0 Å². The third kappa shape index (κ3) is 5.61. The quantitative estimate of drug-likeness (QED) is 0.147. The highest BCUT2D eigenvalue weighted by Gasteiger charge is 2.33. The van der Waals surface area contributed by atoms with Crippen molar-refractivity contribution in [3.05, 3.63) is 76.5 Å². The summed E-state index contributed by atoms with van der Waals surface area (Å²) < 4.78 is 2.39. The lowest BCUT2D eigenvalue weighted by Crippen LogP contribution is -2.32. The van der Waals surface area contributed by atoms with E-state index in [-0.39, 0.29) is 16.2 Å². The lowest BCUT2D eigenvalue weighted by molar-refractivity contribution is -0.659. The van der Waals surface area contributed by atoms with Gasteiger partial charge in [-0.05, 0) is 105 Å². The predicted octanol–water partition coefficient (Wildman–Crippen LogP) is 11.5. The van der Waals surface area contributed by atoms with Gasteiger partial charge in [-0.3, -0.25) is 0 Å². The molecule has 1 aromatic heterocycles. The number of aryl methyl sites for hydroxylation is 3.